The van der Waals surface area contributed by atoms with E-state index < -0.39 is 11.9 Å². The van der Waals surface area contributed by atoms with Gasteiger partial charge >= 0.3 is 5.97 Å². The quantitative estimate of drug-likeness (QED) is 0.336. The maximum atomic E-state index is 12.2. The number of hydrogen-bond acceptors (Lipinski definition) is 5. The number of carbonyl (C=O) groups is 2. The number of amides is 1. The summed E-state index contributed by atoms with van der Waals surface area (Å²) in [7, 11) is 0. The average Bonchev–Trinajstić information content (AvgIpc) is 3.45. The molecule has 8 heteroatoms. The molecule has 0 saturated heterocycles. The first-order valence-corrected chi connectivity index (χ1v) is 8.98. The van der Waals surface area contributed by atoms with Crippen LogP contribution in [0.5, 0.6) is 0 Å². The molecule has 0 spiro atoms. The monoisotopic (exact) mass is 400 g/mol. The third-order valence-electron chi connectivity index (χ3n) is 4.27. The molecule has 4 rings (SSSR count). The van der Waals surface area contributed by atoms with Crippen molar-refractivity contribution in [2.75, 3.05) is 0 Å². The Morgan fingerprint density at radius 2 is 1.80 bits per heavy atom. The summed E-state index contributed by atoms with van der Waals surface area (Å²) in [6.07, 6.45) is 1.36. The van der Waals surface area contributed by atoms with Crippen LogP contribution in [0.2, 0.25) is 0 Å². The molecule has 0 unspecified atom stereocenters. The van der Waals surface area contributed by atoms with Crippen molar-refractivity contribution in [1.29, 1.82) is 0 Å². The molecule has 0 bridgehead atoms. The van der Waals surface area contributed by atoms with Gasteiger partial charge in [0.1, 0.15) is 17.2 Å². The van der Waals surface area contributed by atoms with Crippen molar-refractivity contribution < 1.29 is 19.1 Å². The van der Waals surface area contributed by atoms with Crippen molar-refractivity contribution in [3.8, 4) is 22.6 Å². The standard InChI is InChI=1S/C22H16N4O4/c27-21(19-12-18(24-25-19)14-5-2-1-3-6-14)26-23-13-17-9-10-20(30-17)15-7-4-8-16(11-15)22(28)29/h1-13H,(H,24,25)(H,26,27)(H,28,29)/b23-13+. The van der Waals surface area contributed by atoms with Crippen molar-refractivity contribution in [1.82, 2.24) is 15.6 Å². The van der Waals surface area contributed by atoms with Gasteiger partial charge in [-0.3, -0.25) is 9.89 Å². The summed E-state index contributed by atoms with van der Waals surface area (Å²) in [5.41, 5.74) is 5.03. The van der Waals surface area contributed by atoms with Crippen molar-refractivity contribution in [2.24, 2.45) is 5.10 Å². The van der Waals surface area contributed by atoms with E-state index in [0.717, 1.165) is 5.56 Å². The minimum atomic E-state index is -1.01. The number of benzene rings is 2. The molecule has 4 aromatic rings. The zero-order chi connectivity index (χ0) is 20.9. The Morgan fingerprint density at radius 1 is 1.00 bits per heavy atom. The second-order valence-electron chi connectivity index (χ2n) is 6.32. The van der Waals surface area contributed by atoms with Crippen LogP contribution in [0.1, 0.15) is 26.6 Å². The summed E-state index contributed by atoms with van der Waals surface area (Å²) >= 11 is 0. The third kappa shape index (κ3) is 4.17. The van der Waals surface area contributed by atoms with E-state index in [9.17, 15) is 9.59 Å². The number of nitrogens with zero attached hydrogens (tertiary/aromatic N) is 2. The Labute approximate surface area is 170 Å². The number of carboxylic acids is 1. The Morgan fingerprint density at radius 3 is 2.60 bits per heavy atom. The molecule has 30 heavy (non-hydrogen) atoms. The number of rotatable bonds is 6. The summed E-state index contributed by atoms with van der Waals surface area (Å²) in [6.45, 7) is 0. The zero-order valence-electron chi connectivity index (χ0n) is 15.6. The summed E-state index contributed by atoms with van der Waals surface area (Å²) < 4.78 is 5.64. The van der Waals surface area contributed by atoms with Gasteiger partial charge in [0.25, 0.3) is 5.91 Å². The average molecular weight is 400 g/mol. The van der Waals surface area contributed by atoms with Gasteiger partial charge in [-0.2, -0.15) is 10.2 Å². The van der Waals surface area contributed by atoms with E-state index in [1.807, 2.05) is 30.3 Å². The van der Waals surface area contributed by atoms with Crippen molar-refractivity contribution >= 4 is 18.1 Å². The van der Waals surface area contributed by atoms with Crippen molar-refractivity contribution in [3.05, 3.63) is 89.8 Å². The molecular formula is C22H16N4O4. The van der Waals surface area contributed by atoms with E-state index in [4.69, 9.17) is 9.52 Å². The molecule has 0 fully saturated rings. The number of aromatic amines is 1. The van der Waals surface area contributed by atoms with Crippen LogP contribution in [0.3, 0.4) is 0 Å². The molecule has 0 saturated carbocycles. The summed E-state index contributed by atoms with van der Waals surface area (Å²) in [5.74, 6) is -0.559. The predicted octanol–water partition coefficient (Wildman–Crippen LogP) is 3.80. The molecule has 0 atom stereocenters. The fraction of sp³-hybridized carbons (Fsp3) is 0. The number of carboxylic acid groups (broad SMARTS) is 1. The largest absolute Gasteiger partial charge is 0.478 e. The van der Waals surface area contributed by atoms with E-state index in [2.05, 4.69) is 20.7 Å². The number of carbonyl (C=O) groups excluding carboxylic acids is 1. The lowest BCUT2D eigenvalue weighted by Crippen LogP contribution is -2.17. The van der Waals surface area contributed by atoms with Gasteiger partial charge in [-0.1, -0.05) is 42.5 Å². The van der Waals surface area contributed by atoms with Crippen LogP contribution in [0.15, 0.2) is 82.3 Å². The molecule has 0 aliphatic carbocycles. The van der Waals surface area contributed by atoms with Crippen molar-refractivity contribution in [3.63, 3.8) is 0 Å². The molecular weight excluding hydrogens is 384 g/mol. The maximum Gasteiger partial charge on any atom is 0.335 e. The van der Waals surface area contributed by atoms with Gasteiger partial charge in [-0.05, 0) is 30.3 Å². The topological polar surface area (TPSA) is 121 Å². The lowest BCUT2D eigenvalue weighted by molar-refractivity contribution is 0.0696. The molecule has 0 aliphatic rings. The van der Waals surface area contributed by atoms with Crippen LogP contribution in [-0.2, 0) is 0 Å². The van der Waals surface area contributed by atoms with Gasteiger partial charge in [-0.25, -0.2) is 10.2 Å². The normalized spacial score (nSPS) is 10.9. The number of hydrogen-bond donors (Lipinski definition) is 3. The molecule has 3 N–H and O–H groups in total. The van der Waals surface area contributed by atoms with Crippen molar-refractivity contribution in [2.45, 2.75) is 0 Å². The minimum Gasteiger partial charge on any atom is -0.478 e. The highest BCUT2D eigenvalue weighted by Gasteiger charge is 2.11. The SMILES string of the molecule is O=C(O)c1cccc(-c2ccc(/C=N/NC(=O)c3cc(-c4ccccc4)n[nH]3)o2)c1. The van der Waals surface area contributed by atoms with Gasteiger partial charge in [0.05, 0.1) is 17.5 Å². The van der Waals surface area contributed by atoms with Gasteiger partial charge in [-0.15, -0.1) is 0 Å². The Balaban J connectivity index is 1.41. The molecule has 2 heterocycles. The van der Waals surface area contributed by atoms with Gasteiger partial charge in [0, 0.05) is 11.1 Å². The van der Waals surface area contributed by atoms with Gasteiger partial charge in [0.2, 0.25) is 0 Å². The number of furan rings is 1. The highest BCUT2D eigenvalue weighted by molar-refractivity contribution is 5.94. The third-order valence-corrected chi connectivity index (χ3v) is 4.27. The van der Waals surface area contributed by atoms with E-state index in [1.54, 1.807) is 30.3 Å². The smallest absolute Gasteiger partial charge is 0.335 e. The molecule has 148 valence electrons. The molecule has 8 nitrogen and oxygen atoms in total. The Bertz CT molecular complexity index is 1220. The van der Waals surface area contributed by atoms with E-state index in [1.165, 1.54) is 18.3 Å². The second-order valence-corrected chi connectivity index (χ2v) is 6.32. The number of nitrogens with one attached hydrogen (secondary N) is 2. The lowest BCUT2D eigenvalue weighted by Gasteiger charge is -1.99. The van der Waals surface area contributed by atoms with E-state index >= 15 is 0 Å². The lowest BCUT2D eigenvalue weighted by atomic mass is 10.1. The first-order valence-electron chi connectivity index (χ1n) is 8.98. The number of hydrazone groups is 1. The first-order chi connectivity index (χ1) is 14.6. The van der Waals surface area contributed by atoms with Crippen LogP contribution >= 0.6 is 0 Å². The fourth-order valence-electron chi connectivity index (χ4n) is 2.79. The molecule has 2 aromatic carbocycles. The molecule has 0 aliphatic heterocycles. The first kappa shape index (κ1) is 18.9. The highest BCUT2D eigenvalue weighted by Crippen LogP contribution is 2.22. The van der Waals surface area contributed by atoms with E-state index in [0.29, 0.717) is 22.8 Å². The van der Waals surface area contributed by atoms with Crippen LogP contribution < -0.4 is 5.43 Å². The van der Waals surface area contributed by atoms with Crippen LogP contribution in [0.4, 0.5) is 0 Å². The van der Waals surface area contributed by atoms with Crippen LogP contribution in [0.25, 0.3) is 22.6 Å². The van der Waals surface area contributed by atoms with E-state index in [-0.39, 0.29) is 11.3 Å². The second kappa shape index (κ2) is 8.27. The van der Waals surface area contributed by atoms with Gasteiger partial charge in [0.15, 0.2) is 0 Å². The number of aromatic nitrogens is 2. The van der Waals surface area contributed by atoms with Crippen LogP contribution in [0, 0.1) is 0 Å². The molecule has 1 amide bonds. The maximum absolute atomic E-state index is 12.2. The fourth-order valence-corrected chi connectivity index (χ4v) is 2.79. The summed E-state index contributed by atoms with van der Waals surface area (Å²) in [6, 6.07) is 20.9. The number of aromatic carboxylic acids is 1. The zero-order valence-corrected chi connectivity index (χ0v) is 15.6. The predicted molar refractivity (Wildman–Crippen MR) is 110 cm³/mol. The Kier molecular flexibility index (Phi) is 5.21. The van der Waals surface area contributed by atoms with Crippen LogP contribution in [-0.4, -0.2) is 33.4 Å². The summed E-state index contributed by atoms with van der Waals surface area (Å²) in [5, 5.41) is 19.8. The summed E-state index contributed by atoms with van der Waals surface area (Å²) in [4.78, 5) is 23.3. The van der Waals surface area contributed by atoms with Gasteiger partial charge < -0.3 is 9.52 Å². The molecule has 2 aromatic heterocycles. The minimum absolute atomic E-state index is 0.167. The molecule has 0 radical (unpaired) electrons. The number of H-pyrrole nitrogens is 1. The Hall–Kier alpha value is -4.46. The highest BCUT2D eigenvalue weighted by atomic mass is 16.4.